The molecule has 20 heavy (non-hydrogen) atoms. The third kappa shape index (κ3) is 5.15. The minimum absolute atomic E-state index is 0.136. The van der Waals surface area contributed by atoms with E-state index in [0.717, 1.165) is 18.7 Å². The summed E-state index contributed by atoms with van der Waals surface area (Å²) in [7, 11) is 0. The van der Waals surface area contributed by atoms with Crippen molar-refractivity contribution in [2.24, 2.45) is 17.6 Å². The molecule has 1 rings (SSSR count). The molecule has 0 heterocycles. The van der Waals surface area contributed by atoms with Crippen LogP contribution in [0.3, 0.4) is 0 Å². The average Bonchev–Trinajstić information content (AvgIpc) is 2.33. The molecule has 0 aliphatic rings. The Morgan fingerprint density at radius 1 is 1.15 bits per heavy atom. The lowest BCUT2D eigenvalue weighted by molar-refractivity contribution is 0.160. The van der Waals surface area contributed by atoms with Crippen LogP contribution in [0.4, 0.5) is 4.39 Å². The standard InChI is InChI=1S/C16H26BrFN2/c1-11(2)9-20(10-12(3)4)16(8-19)13-5-6-15(18)14(17)7-13/h5-7,11-12,16H,8-10,19H2,1-4H3. The van der Waals surface area contributed by atoms with E-state index in [1.165, 1.54) is 6.07 Å². The van der Waals surface area contributed by atoms with Gasteiger partial charge in [-0.3, -0.25) is 4.90 Å². The molecule has 0 saturated carbocycles. The molecule has 2 N–H and O–H groups in total. The number of benzene rings is 1. The van der Waals surface area contributed by atoms with Gasteiger partial charge in [-0.05, 0) is 45.5 Å². The fraction of sp³-hybridized carbons (Fsp3) is 0.625. The van der Waals surface area contributed by atoms with E-state index in [-0.39, 0.29) is 11.9 Å². The predicted molar refractivity (Wildman–Crippen MR) is 87.1 cm³/mol. The van der Waals surface area contributed by atoms with Crippen molar-refractivity contribution in [3.63, 3.8) is 0 Å². The smallest absolute Gasteiger partial charge is 0.137 e. The van der Waals surface area contributed by atoms with Crippen molar-refractivity contribution < 1.29 is 4.39 Å². The van der Waals surface area contributed by atoms with Gasteiger partial charge in [0.15, 0.2) is 0 Å². The van der Waals surface area contributed by atoms with Gasteiger partial charge >= 0.3 is 0 Å². The SMILES string of the molecule is CC(C)CN(CC(C)C)C(CN)c1ccc(F)c(Br)c1. The van der Waals surface area contributed by atoms with Crippen molar-refractivity contribution >= 4 is 15.9 Å². The molecular formula is C16H26BrFN2. The Balaban J connectivity index is 3.01. The molecule has 0 spiro atoms. The topological polar surface area (TPSA) is 29.3 Å². The van der Waals surface area contributed by atoms with Crippen LogP contribution in [0, 0.1) is 17.7 Å². The van der Waals surface area contributed by atoms with Gasteiger partial charge in [-0.25, -0.2) is 4.39 Å². The van der Waals surface area contributed by atoms with Gasteiger partial charge < -0.3 is 5.73 Å². The van der Waals surface area contributed by atoms with Crippen molar-refractivity contribution in [1.82, 2.24) is 4.90 Å². The maximum atomic E-state index is 13.4. The fourth-order valence-electron chi connectivity index (χ4n) is 2.48. The summed E-state index contributed by atoms with van der Waals surface area (Å²) in [5, 5.41) is 0. The first-order valence-corrected chi connectivity index (χ1v) is 8.03. The lowest BCUT2D eigenvalue weighted by atomic mass is 10.0. The molecule has 1 unspecified atom stereocenters. The second-order valence-electron chi connectivity index (χ2n) is 6.17. The molecule has 1 aromatic carbocycles. The molecule has 0 aliphatic heterocycles. The number of hydrogen-bond acceptors (Lipinski definition) is 2. The monoisotopic (exact) mass is 344 g/mol. The second-order valence-corrected chi connectivity index (χ2v) is 7.02. The quantitative estimate of drug-likeness (QED) is 0.802. The van der Waals surface area contributed by atoms with Gasteiger partial charge in [-0.1, -0.05) is 33.8 Å². The highest BCUT2D eigenvalue weighted by Gasteiger charge is 2.21. The van der Waals surface area contributed by atoms with Gasteiger partial charge in [0, 0.05) is 25.7 Å². The Bertz CT molecular complexity index is 411. The number of halogens is 2. The largest absolute Gasteiger partial charge is 0.329 e. The Kier molecular flexibility index (Phi) is 7.13. The first-order valence-electron chi connectivity index (χ1n) is 7.24. The fourth-order valence-corrected chi connectivity index (χ4v) is 2.88. The van der Waals surface area contributed by atoms with E-state index in [1.807, 2.05) is 12.1 Å². The Labute approximate surface area is 130 Å². The zero-order chi connectivity index (χ0) is 15.3. The van der Waals surface area contributed by atoms with E-state index in [2.05, 4.69) is 48.5 Å². The predicted octanol–water partition coefficient (Wildman–Crippen LogP) is 4.20. The molecule has 0 fully saturated rings. The maximum Gasteiger partial charge on any atom is 0.137 e. The van der Waals surface area contributed by atoms with Gasteiger partial charge in [0.2, 0.25) is 0 Å². The lowest BCUT2D eigenvalue weighted by Gasteiger charge is -2.34. The number of hydrogen-bond donors (Lipinski definition) is 1. The summed E-state index contributed by atoms with van der Waals surface area (Å²) in [6, 6.07) is 5.33. The molecule has 0 bridgehead atoms. The molecule has 1 aromatic rings. The van der Waals surface area contributed by atoms with E-state index >= 15 is 0 Å². The minimum Gasteiger partial charge on any atom is -0.329 e. The molecule has 1 atom stereocenters. The molecule has 2 nitrogen and oxygen atoms in total. The van der Waals surface area contributed by atoms with Gasteiger partial charge in [0.05, 0.1) is 4.47 Å². The van der Waals surface area contributed by atoms with Crippen molar-refractivity contribution in [3.8, 4) is 0 Å². The highest BCUT2D eigenvalue weighted by molar-refractivity contribution is 9.10. The molecule has 114 valence electrons. The Hall–Kier alpha value is -0.450. The summed E-state index contributed by atoms with van der Waals surface area (Å²) < 4.78 is 13.9. The first kappa shape index (κ1) is 17.6. The zero-order valence-electron chi connectivity index (χ0n) is 12.9. The van der Waals surface area contributed by atoms with Gasteiger partial charge in [-0.15, -0.1) is 0 Å². The van der Waals surface area contributed by atoms with Crippen LogP contribution in [0.15, 0.2) is 22.7 Å². The van der Waals surface area contributed by atoms with Crippen molar-refractivity contribution in [1.29, 1.82) is 0 Å². The second kappa shape index (κ2) is 8.11. The summed E-state index contributed by atoms with van der Waals surface area (Å²) in [5.41, 5.74) is 7.07. The van der Waals surface area contributed by atoms with Crippen LogP contribution in [0.5, 0.6) is 0 Å². The van der Waals surface area contributed by atoms with Gasteiger partial charge in [0.25, 0.3) is 0 Å². The van der Waals surface area contributed by atoms with E-state index in [0.29, 0.717) is 22.9 Å². The number of nitrogens with two attached hydrogens (primary N) is 1. The van der Waals surface area contributed by atoms with E-state index in [9.17, 15) is 4.39 Å². The Morgan fingerprint density at radius 2 is 1.70 bits per heavy atom. The molecule has 0 radical (unpaired) electrons. The molecule has 0 saturated heterocycles. The van der Waals surface area contributed by atoms with E-state index < -0.39 is 0 Å². The van der Waals surface area contributed by atoms with Crippen LogP contribution in [0.2, 0.25) is 0 Å². The molecule has 0 aromatic heterocycles. The summed E-state index contributed by atoms with van der Waals surface area (Å²) >= 11 is 3.26. The highest BCUT2D eigenvalue weighted by atomic mass is 79.9. The lowest BCUT2D eigenvalue weighted by Crippen LogP contribution is -2.38. The van der Waals surface area contributed by atoms with E-state index in [4.69, 9.17) is 5.73 Å². The minimum atomic E-state index is -0.233. The first-order chi connectivity index (χ1) is 9.35. The van der Waals surface area contributed by atoms with Crippen LogP contribution in [-0.2, 0) is 0 Å². The average molecular weight is 345 g/mol. The summed E-state index contributed by atoms with van der Waals surface area (Å²) in [4.78, 5) is 2.41. The number of rotatable bonds is 7. The Morgan fingerprint density at radius 3 is 2.10 bits per heavy atom. The summed E-state index contributed by atoms with van der Waals surface area (Å²) in [5.74, 6) is 0.919. The third-order valence-corrected chi connectivity index (χ3v) is 3.80. The maximum absolute atomic E-state index is 13.4. The van der Waals surface area contributed by atoms with Crippen molar-refractivity contribution in [2.45, 2.75) is 33.7 Å². The summed E-state index contributed by atoms with van der Waals surface area (Å²) in [6.07, 6.45) is 0. The van der Waals surface area contributed by atoms with Crippen molar-refractivity contribution in [3.05, 3.63) is 34.1 Å². The van der Waals surface area contributed by atoms with Crippen LogP contribution in [0.1, 0.15) is 39.3 Å². The summed E-state index contributed by atoms with van der Waals surface area (Å²) in [6.45, 7) is 11.4. The molecule has 4 heteroatoms. The highest BCUT2D eigenvalue weighted by Crippen LogP contribution is 2.26. The van der Waals surface area contributed by atoms with Crippen LogP contribution < -0.4 is 5.73 Å². The van der Waals surface area contributed by atoms with Crippen molar-refractivity contribution in [2.75, 3.05) is 19.6 Å². The van der Waals surface area contributed by atoms with Crippen LogP contribution in [0.25, 0.3) is 0 Å². The molecule has 0 aliphatic carbocycles. The van der Waals surface area contributed by atoms with Gasteiger partial charge in [-0.2, -0.15) is 0 Å². The van der Waals surface area contributed by atoms with Gasteiger partial charge in [0.1, 0.15) is 5.82 Å². The van der Waals surface area contributed by atoms with Crippen LogP contribution >= 0.6 is 15.9 Å². The van der Waals surface area contributed by atoms with E-state index in [1.54, 1.807) is 0 Å². The van der Waals surface area contributed by atoms with Crippen LogP contribution in [-0.4, -0.2) is 24.5 Å². The molecule has 0 amide bonds. The third-order valence-electron chi connectivity index (χ3n) is 3.19. The zero-order valence-corrected chi connectivity index (χ0v) is 14.5. The normalized spacial score (nSPS) is 13.5. The molecular weight excluding hydrogens is 319 g/mol. The number of nitrogens with zero attached hydrogens (tertiary/aromatic N) is 1.